The number of halogens is 4. The fourth-order valence-electron chi connectivity index (χ4n) is 9.54. The molecular formula is C47H53BrF3N8O4P. The van der Waals surface area contributed by atoms with Gasteiger partial charge in [0, 0.05) is 72.0 Å². The molecule has 64 heavy (non-hydrogen) atoms. The average Bonchev–Trinajstić information content (AvgIpc) is 3.25. The number of piperidine rings is 3. The van der Waals surface area contributed by atoms with Gasteiger partial charge in [-0.05, 0) is 135 Å². The molecule has 17 heteroatoms. The Labute approximate surface area is 379 Å². The molecule has 2 amide bonds. The van der Waals surface area contributed by atoms with E-state index in [1.807, 2.05) is 25.1 Å². The second kappa shape index (κ2) is 18.4. The van der Waals surface area contributed by atoms with E-state index in [0.717, 1.165) is 68.8 Å². The fraction of sp³-hybridized carbons (Fsp3) is 0.426. The number of carbonyl (C=O) groups is 2. The van der Waals surface area contributed by atoms with Crippen LogP contribution in [0.25, 0.3) is 10.9 Å². The Balaban J connectivity index is 0.892. The van der Waals surface area contributed by atoms with Crippen molar-refractivity contribution in [2.75, 3.05) is 68.7 Å². The van der Waals surface area contributed by atoms with Crippen molar-refractivity contribution in [2.24, 2.45) is 5.41 Å². The van der Waals surface area contributed by atoms with Gasteiger partial charge in [0.2, 0.25) is 17.8 Å². The number of fused-ring (bicyclic) bond motifs is 1. The summed E-state index contributed by atoms with van der Waals surface area (Å²) in [4.78, 5) is 42.3. The molecule has 5 heterocycles. The number of aromatic nitrogens is 3. The van der Waals surface area contributed by atoms with Gasteiger partial charge in [-0.1, -0.05) is 13.0 Å². The Hall–Kier alpha value is -5.05. The Morgan fingerprint density at radius 2 is 1.64 bits per heavy atom. The van der Waals surface area contributed by atoms with Crippen molar-refractivity contribution in [3.05, 3.63) is 93.0 Å². The topological polar surface area (TPSA) is 142 Å². The quantitative estimate of drug-likeness (QED) is 0.0814. The van der Waals surface area contributed by atoms with Crippen LogP contribution in [-0.4, -0.2) is 84.8 Å². The first-order chi connectivity index (χ1) is 30.5. The standard InChI is InChI=1S/C47H53BrF3N8O4P/c1-6-29-7-8-31-42(53-29)35(51)24-37(43(31)64(4,5)62)54-44-32(48)26-52-46(57-44)55-36-21-27(2)38(25-39(36)63-3)59-19-14-47(15-20-59)12-17-58(18-13-47)16-11-28-22-33(49)41(34(50)23-28)30-9-10-40(60)56-45(30)61/h7-8,21-26,30H,6,9-20H2,1-5H3,(H,56,60,61)(H2,52,54,55,57)/t30-/m1/s1. The highest BCUT2D eigenvalue weighted by molar-refractivity contribution is 9.10. The van der Waals surface area contributed by atoms with Crippen molar-refractivity contribution < 1.29 is 32.1 Å². The predicted octanol–water partition coefficient (Wildman–Crippen LogP) is 9.26. The summed E-state index contributed by atoms with van der Waals surface area (Å²) in [7, 11) is -1.31. The van der Waals surface area contributed by atoms with Gasteiger partial charge < -0.3 is 29.7 Å². The maximum atomic E-state index is 15.6. The smallest absolute Gasteiger partial charge is 0.234 e. The molecule has 1 atom stereocenters. The lowest BCUT2D eigenvalue weighted by Gasteiger charge is -2.47. The third-order valence-corrected chi connectivity index (χ3v) is 15.3. The summed E-state index contributed by atoms with van der Waals surface area (Å²) >= 11 is 3.53. The molecule has 0 radical (unpaired) electrons. The zero-order valence-corrected chi connectivity index (χ0v) is 39.2. The lowest BCUT2D eigenvalue weighted by Crippen LogP contribution is -2.47. The van der Waals surface area contributed by atoms with Gasteiger partial charge in [-0.2, -0.15) is 4.98 Å². The van der Waals surface area contributed by atoms with Gasteiger partial charge in [-0.15, -0.1) is 0 Å². The van der Waals surface area contributed by atoms with Gasteiger partial charge in [0.25, 0.3) is 0 Å². The molecule has 338 valence electrons. The van der Waals surface area contributed by atoms with E-state index in [-0.39, 0.29) is 35.3 Å². The number of nitrogens with zero attached hydrogens (tertiary/aromatic N) is 5. The van der Waals surface area contributed by atoms with E-state index in [2.05, 4.69) is 58.6 Å². The van der Waals surface area contributed by atoms with E-state index in [1.165, 1.54) is 18.2 Å². The molecule has 3 aromatic carbocycles. The predicted molar refractivity (Wildman–Crippen MR) is 249 cm³/mol. The SMILES string of the molecule is CCc1ccc2c(P(C)(C)=O)c(Nc3nc(Nc4cc(C)c(N5CCC6(CCN(CCc7cc(F)c([C@H]8CCC(=O)NC8=O)c(F)c7)CC6)CC5)cc4OC)ncc3Br)cc(F)c2n1. The number of likely N-dealkylation sites (tertiary alicyclic amines) is 1. The van der Waals surface area contributed by atoms with Crippen LogP contribution < -0.4 is 30.9 Å². The van der Waals surface area contributed by atoms with Crippen molar-refractivity contribution in [3.63, 3.8) is 0 Å². The summed E-state index contributed by atoms with van der Waals surface area (Å²) in [6.07, 6.45) is 7.09. The van der Waals surface area contributed by atoms with Gasteiger partial charge in [0.1, 0.15) is 35.9 Å². The molecule has 0 unspecified atom stereocenters. The minimum absolute atomic E-state index is 0.0573. The van der Waals surface area contributed by atoms with Crippen molar-refractivity contribution >= 4 is 79.9 Å². The third-order valence-electron chi connectivity index (χ3n) is 13.1. The number of hydrogen-bond donors (Lipinski definition) is 3. The van der Waals surface area contributed by atoms with Crippen LogP contribution in [0.3, 0.4) is 0 Å². The fourth-order valence-corrected chi connectivity index (χ4v) is 11.3. The van der Waals surface area contributed by atoms with Gasteiger partial charge in [0.15, 0.2) is 5.82 Å². The number of anilines is 5. The van der Waals surface area contributed by atoms with Crippen molar-refractivity contribution in [1.82, 2.24) is 25.2 Å². The van der Waals surface area contributed by atoms with E-state index < -0.39 is 42.3 Å². The van der Waals surface area contributed by atoms with Crippen LogP contribution in [0.5, 0.6) is 5.75 Å². The minimum atomic E-state index is -2.93. The molecule has 0 bridgehead atoms. The molecule has 3 fully saturated rings. The number of nitrogens with one attached hydrogen (secondary N) is 3. The summed E-state index contributed by atoms with van der Waals surface area (Å²) in [6.45, 7) is 11.6. The molecule has 12 nitrogen and oxygen atoms in total. The molecule has 3 N–H and O–H groups in total. The van der Waals surface area contributed by atoms with E-state index in [0.29, 0.717) is 63.1 Å². The zero-order chi connectivity index (χ0) is 45.5. The number of carbonyl (C=O) groups excluding carboxylic acids is 2. The summed E-state index contributed by atoms with van der Waals surface area (Å²) < 4.78 is 65.9. The number of methoxy groups -OCH3 is 1. The number of hydrogen-bond acceptors (Lipinski definition) is 11. The summed E-state index contributed by atoms with van der Waals surface area (Å²) in [5.41, 5.74) is 4.62. The number of imide groups is 1. The highest BCUT2D eigenvalue weighted by atomic mass is 79.9. The molecule has 3 aliphatic heterocycles. The first kappa shape index (κ1) is 45.5. The third kappa shape index (κ3) is 9.51. The zero-order valence-electron chi connectivity index (χ0n) is 36.7. The van der Waals surface area contributed by atoms with Gasteiger partial charge in [0.05, 0.1) is 28.9 Å². The summed E-state index contributed by atoms with van der Waals surface area (Å²) in [5, 5.41) is 9.70. The Kier molecular flexibility index (Phi) is 13.1. The van der Waals surface area contributed by atoms with E-state index in [4.69, 9.17) is 9.72 Å². The Bertz CT molecular complexity index is 2660. The second-order valence-corrected chi connectivity index (χ2v) is 21.7. The molecule has 8 rings (SSSR count). The van der Waals surface area contributed by atoms with Crippen molar-refractivity contribution in [3.8, 4) is 5.75 Å². The number of amides is 2. The van der Waals surface area contributed by atoms with Crippen LogP contribution >= 0.6 is 23.1 Å². The van der Waals surface area contributed by atoms with E-state index in [9.17, 15) is 14.2 Å². The van der Waals surface area contributed by atoms with Crippen LogP contribution in [0, 0.1) is 29.8 Å². The second-order valence-electron chi connectivity index (χ2n) is 17.7. The molecule has 0 aliphatic carbocycles. The van der Waals surface area contributed by atoms with E-state index >= 15 is 13.2 Å². The maximum Gasteiger partial charge on any atom is 0.234 e. The molecule has 5 aromatic rings. The average molecular weight is 962 g/mol. The first-order valence-electron chi connectivity index (χ1n) is 21.8. The maximum absolute atomic E-state index is 15.6. The van der Waals surface area contributed by atoms with Crippen LogP contribution in [0.4, 0.5) is 42.0 Å². The number of rotatable bonds is 12. The summed E-state index contributed by atoms with van der Waals surface area (Å²) in [5.74, 6) is -2.83. The largest absolute Gasteiger partial charge is 0.494 e. The minimum Gasteiger partial charge on any atom is -0.494 e. The van der Waals surface area contributed by atoms with Crippen LogP contribution in [0.1, 0.15) is 73.8 Å². The van der Waals surface area contributed by atoms with Crippen molar-refractivity contribution in [2.45, 2.75) is 71.1 Å². The first-order valence-corrected chi connectivity index (χ1v) is 25.2. The van der Waals surface area contributed by atoms with Crippen molar-refractivity contribution in [1.29, 1.82) is 0 Å². The molecule has 3 saturated heterocycles. The van der Waals surface area contributed by atoms with E-state index in [1.54, 1.807) is 32.7 Å². The number of pyridine rings is 1. The van der Waals surface area contributed by atoms with Crippen LogP contribution in [0.2, 0.25) is 0 Å². The number of ether oxygens (including phenoxy) is 1. The Morgan fingerprint density at radius 1 is 0.938 bits per heavy atom. The Morgan fingerprint density at radius 3 is 2.30 bits per heavy atom. The molecule has 1 spiro atoms. The highest BCUT2D eigenvalue weighted by Crippen LogP contribution is 2.45. The van der Waals surface area contributed by atoms with Gasteiger partial charge in [-0.25, -0.2) is 23.1 Å². The monoisotopic (exact) mass is 960 g/mol. The van der Waals surface area contributed by atoms with Gasteiger partial charge >= 0.3 is 0 Å². The van der Waals surface area contributed by atoms with Crippen LogP contribution in [0.15, 0.2) is 53.1 Å². The molecule has 0 saturated carbocycles. The molecule has 3 aliphatic rings. The summed E-state index contributed by atoms with van der Waals surface area (Å²) in [6, 6.07) is 11.7. The highest BCUT2D eigenvalue weighted by Gasteiger charge is 2.38. The lowest BCUT2D eigenvalue weighted by atomic mass is 9.71. The number of benzene rings is 3. The van der Waals surface area contributed by atoms with Gasteiger partial charge in [-0.3, -0.25) is 14.9 Å². The normalized spacial score (nSPS) is 18.1. The lowest BCUT2D eigenvalue weighted by molar-refractivity contribution is -0.134. The molecular weight excluding hydrogens is 908 g/mol. The van der Waals surface area contributed by atoms with Crippen LogP contribution in [-0.2, 0) is 27.0 Å². The number of aryl methyl sites for hydroxylation is 2. The molecule has 2 aromatic heterocycles.